The Balaban J connectivity index is 1.22. The quantitative estimate of drug-likeness (QED) is 0.723. The van der Waals surface area contributed by atoms with Crippen LogP contribution in [0.15, 0.2) is 63.7 Å². The van der Waals surface area contributed by atoms with Crippen LogP contribution in [0.1, 0.15) is 28.9 Å². The standard InChI is InChI=1S/C21H23N3O3/c25-21(18-13-20(27-23-18)19-7-4-12-26-19)22-14-16-8-10-24(11-9-16)15-17-5-2-1-3-6-17/h1-7,12-13,16H,8-11,14-15H2,(H,22,25). The van der Waals surface area contributed by atoms with E-state index >= 15 is 0 Å². The summed E-state index contributed by atoms with van der Waals surface area (Å²) in [5, 5.41) is 6.82. The highest BCUT2D eigenvalue weighted by Gasteiger charge is 2.21. The first kappa shape index (κ1) is 17.5. The maximum atomic E-state index is 12.3. The number of furan rings is 1. The molecule has 3 aromatic rings. The Labute approximate surface area is 158 Å². The topological polar surface area (TPSA) is 71.5 Å². The highest BCUT2D eigenvalue weighted by Crippen LogP contribution is 2.21. The Morgan fingerprint density at radius 2 is 1.93 bits per heavy atom. The number of amides is 1. The lowest BCUT2D eigenvalue weighted by Gasteiger charge is -2.32. The fraction of sp³-hybridized carbons (Fsp3) is 0.333. The van der Waals surface area contributed by atoms with Crippen molar-refractivity contribution in [2.24, 2.45) is 5.92 Å². The van der Waals surface area contributed by atoms with Crippen molar-refractivity contribution < 1.29 is 13.7 Å². The van der Waals surface area contributed by atoms with Crippen LogP contribution in [0.4, 0.5) is 0 Å². The van der Waals surface area contributed by atoms with Gasteiger partial charge in [0.15, 0.2) is 11.5 Å². The lowest BCUT2D eigenvalue weighted by atomic mass is 9.96. The summed E-state index contributed by atoms with van der Waals surface area (Å²) in [6.07, 6.45) is 3.73. The number of hydrogen-bond acceptors (Lipinski definition) is 5. The van der Waals surface area contributed by atoms with E-state index in [1.165, 1.54) is 5.56 Å². The normalized spacial score (nSPS) is 15.7. The summed E-state index contributed by atoms with van der Waals surface area (Å²) < 4.78 is 10.4. The van der Waals surface area contributed by atoms with Crippen LogP contribution in [0.3, 0.4) is 0 Å². The predicted molar refractivity (Wildman–Crippen MR) is 101 cm³/mol. The number of aromatic nitrogens is 1. The molecule has 0 unspecified atom stereocenters. The third-order valence-electron chi connectivity index (χ3n) is 5.01. The molecule has 1 aliphatic rings. The minimum Gasteiger partial charge on any atom is -0.461 e. The molecule has 6 heteroatoms. The van der Waals surface area contributed by atoms with Gasteiger partial charge in [-0.05, 0) is 49.5 Å². The highest BCUT2D eigenvalue weighted by atomic mass is 16.5. The third-order valence-corrected chi connectivity index (χ3v) is 5.01. The van der Waals surface area contributed by atoms with Crippen LogP contribution in [0.2, 0.25) is 0 Å². The van der Waals surface area contributed by atoms with Gasteiger partial charge in [-0.1, -0.05) is 35.5 Å². The van der Waals surface area contributed by atoms with Crippen LogP contribution in [0.5, 0.6) is 0 Å². The number of rotatable bonds is 6. The maximum Gasteiger partial charge on any atom is 0.273 e. The summed E-state index contributed by atoms with van der Waals surface area (Å²) in [5.41, 5.74) is 1.63. The summed E-state index contributed by atoms with van der Waals surface area (Å²) in [6, 6.07) is 15.7. The monoisotopic (exact) mass is 365 g/mol. The zero-order valence-electron chi connectivity index (χ0n) is 15.1. The lowest BCUT2D eigenvalue weighted by molar-refractivity contribution is 0.0926. The molecule has 1 saturated heterocycles. The molecule has 1 aromatic carbocycles. The first-order valence-corrected chi connectivity index (χ1v) is 9.33. The van der Waals surface area contributed by atoms with Gasteiger partial charge in [-0.2, -0.15) is 0 Å². The van der Waals surface area contributed by atoms with E-state index < -0.39 is 0 Å². The van der Waals surface area contributed by atoms with Gasteiger partial charge < -0.3 is 14.3 Å². The molecule has 0 bridgehead atoms. The Morgan fingerprint density at radius 3 is 2.67 bits per heavy atom. The van der Waals surface area contributed by atoms with Crippen molar-refractivity contribution in [1.29, 1.82) is 0 Å². The minimum absolute atomic E-state index is 0.205. The fourth-order valence-electron chi connectivity index (χ4n) is 3.43. The molecule has 1 N–H and O–H groups in total. The number of benzene rings is 1. The summed E-state index contributed by atoms with van der Waals surface area (Å²) in [5.74, 6) is 1.31. The van der Waals surface area contributed by atoms with Gasteiger partial charge in [0.25, 0.3) is 5.91 Å². The van der Waals surface area contributed by atoms with Crippen molar-refractivity contribution in [1.82, 2.24) is 15.4 Å². The lowest BCUT2D eigenvalue weighted by Crippen LogP contribution is -2.38. The largest absolute Gasteiger partial charge is 0.461 e. The molecule has 27 heavy (non-hydrogen) atoms. The first-order chi connectivity index (χ1) is 13.3. The molecule has 6 nitrogen and oxygen atoms in total. The summed E-state index contributed by atoms with van der Waals surface area (Å²) >= 11 is 0. The van der Waals surface area contributed by atoms with E-state index in [-0.39, 0.29) is 11.6 Å². The van der Waals surface area contributed by atoms with E-state index in [2.05, 4.69) is 39.6 Å². The van der Waals surface area contributed by atoms with E-state index in [1.54, 1.807) is 24.5 Å². The molecule has 1 aliphatic heterocycles. The van der Waals surface area contributed by atoms with E-state index in [1.807, 2.05) is 6.07 Å². The van der Waals surface area contributed by atoms with Crippen molar-refractivity contribution in [2.75, 3.05) is 19.6 Å². The molecular weight excluding hydrogens is 342 g/mol. The van der Waals surface area contributed by atoms with E-state index in [4.69, 9.17) is 8.94 Å². The van der Waals surface area contributed by atoms with Gasteiger partial charge >= 0.3 is 0 Å². The number of piperidine rings is 1. The number of likely N-dealkylation sites (tertiary alicyclic amines) is 1. The number of hydrogen-bond donors (Lipinski definition) is 1. The van der Waals surface area contributed by atoms with Gasteiger partial charge in [-0.25, -0.2) is 0 Å². The highest BCUT2D eigenvalue weighted by molar-refractivity contribution is 5.92. The zero-order chi connectivity index (χ0) is 18.5. The maximum absolute atomic E-state index is 12.3. The number of nitrogens with one attached hydrogen (secondary N) is 1. The molecule has 0 atom stereocenters. The predicted octanol–water partition coefficient (Wildman–Crippen LogP) is 3.58. The van der Waals surface area contributed by atoms with E-state index in [0.29, 0.717) is 24.0 Å². The average molecular weight is 365 g/mol. The molecule has 0 aliphatic carbocycles. The second-order valence-corrected chi connectivity index (χ2v) is 6.97. The van der Waals surface area contributed by atoms with Crippen LogP contribution in [0.25, 0.3) is 11.5 Å². The zero-order valence-corrected chi connectivity index (χ0v) is 15.1. The second kappa shape index (κ2) is 8.22. The van der Waals surface area contributed by atoms with Crippen LogP contribution in [-0.4, -0.2) is 35.6 Å². The number of carbonyl (C=O) groups is 1. The molecule has 1 amide bonds. The summed E-state index contributed by atoms with van der Waals surface area (Å²) in [7, 11) is 0. The molecule has 2 aromatic heterocycles. The van der Waals surface area contributed by atoms with Crippen LogP contribution in [0, 0.1) is 5.92 Å². The average Bonchev–Trinajstić information content (AvgIpc) is 3.40. The molecule has 0 saturated carbocycles. The van der Waals surface area contributed by atoms with Gasteiger partial charge in [0.05, 0.1) is 6.26 Å². The second-order valence-electron chi connectivity index (χ2n) is 6.97. The Bertz CT molecular complexity index is 850. The third kappa shape index (κ3) is 4.46. The van der Waals surface area contributed by atoms with E-state index in [9.17, 15) is 4.79 Å². The Hall–Kier alpha value is -2.86. The van der Waals surface area contributed by atoms with Crippen LogP contribution >= 0.6 is 0 Å². The van der Waals surface area contributed by atoms with Crippen molar-refractivity contribution in [3.8, 4) is 11.5 Å². The summed E-state index contributed by atoms with van der Waals surface area (Å²) in [6.45, 7) is 3.78. The molecule has 140 valence electrons. The van der Waals surface area contributed by atoms with Crippen LogP contribution in [-0.2, 0) is 6.54 Å². The number of carbonyl (C=O) groups excluding carboxylic acids is 1. The van der Waals surface area contributed by atoms with Crippen molar-refractivity contribution >= 4 is 5.91 Å². The van der Waals surface area contributed by atoms with Crippen molar-refractivity contribution in [3.63, 3.8) is 0 Å². The molecular formula is C21H23N3O3. The molecule has 4 rings (SSSR count). The SMILES string of the molecule is O=C(NCC1CCN(Cc2ccccc2)CC1)c1cc(-c2ccco2)on1. The number of nitrogens with zero attached hydrogens (tertiary/aromatic N) is 2. The van der Waals surface area contributed by atoms with Gasteiger partial charge in [-0.3, -0.25) is 9.69 Å². The molecule has 3 heterocycles. The van der Waals surface area contributed by atoms with Gasteiger partial charge in [0, 0.05) is 19.2 Å². The minimum atomic E-state index is -0.205. The van der Waals surface area contributed by atoms with E-state index in [0.717, 1.165) is 32.5 Å². The van der Waals surface area contributed by atoms with Crippen molar-refractivity contribution in [2.45, 2.75) is 19.4 Å². The summed E-state index contributed by atoms with van der Waals surface area (Å²) in [4.78, 5) is 14.8. The molecule has 1 fully saturated rings. The smallest absolute Gasteiger partial charge is 0.273 e. The Morgan fingerprint density at radius 1 is 1.11 bits per heavy atom. The van der Waals surface area contributed by atoms with Gasteiger partial charge in [0.1, 0.15) is 0 Å². The molecule has 0 spiro atoms. The van der Waals surface area contributed by atoms with Crippen molar-refractivity contribution in [3.05, 3.63) is 66.1 Å². The first-order valence-electron chi connectivity index (χ1n) is 9.33. The molecule has 0 radical (unpaired) electrons. The van der Waals surface area contributed by atoms with Gasteiger partial charge in [0.2, 0.25) is 5.76 Å². The van der Waals surface area contributed by atoms with Crippen LogP contribution < -0.4 is 5.32 Å². The fourth-order valence-corrected chi connectivity index (χ4v) is 3.43. The Kier molecular flexibility index (Phi) is 5.34. The van der Waals surface area contributed by atoms with Gasteiger partial charge in [-0.15, -0.1) is 0 Å².